The second-order valence-corrected chi connectivity index (χ2v) is 6.01. The minimum absolute atomic E-state index is 0.246. The molecule has 0 aromatic carbocycles. The molecule has 0 radical (unpaired) electrons. The van der Waals surface area contributed by atoms with Crippen molar-refractivity contribution in [1.82, 2.24) is 15.8 Å². The van der Waals surface area contributed by atoms with Crippen molar-refractivity contribution in [3.05, 3.63) is 0 Å². The van der Waals surface area contributed by atoms with E-state index in [9.17, 15) is 19.2 Å². The molecule has 128 valence electrons. The fourth-order valence-electron chi connectivity index (χ4n) is 2.91. The molecule has 2 fully saturated rings. The van der Waals surface area contributed by atoms with Gasteiger partial charge >= 0.3 is 12.0 Å². The standard InChI is InChI=1S/C15H23N3O5/c1-2-3-7-12(20)23-10-11(19)17-18-13(21)15(16-14(18)22)8-5-4-6-9-15/h2-10H2,1H3,(H,16,22)(H,17,19). The van der Waals surface area contributed by atoms with E-state index in [0.29, 0.717) is 24.3 Å². The van der Waals surface area contributed by atoms with Crippen LogP contribution in [0.4, 0.5) is 4.79 Å². The zero-order valence-electron chi connectivity index (χ0n) is 13.4. The topological polar surface area (TPSA) is 105 Å². The van der Waals surface area contributed by atoms with Crippen LogP contribution in [0.1, 0.15) is 58.3 Å². The molecule has 4 amide bonds. The van der Waals surface area contributed by atoms with Crippen LogP contribution in [0.25, 0.3) is 0 Å². The highest BCUT2D eigenvalue weighted by atomic mass is 16.5. The molecule has 1 saturated carbocycles. The molecule has 2 rings (SSSR count). The van der Waals surface area contributed by atoms with Crippen LogP contribution < -0.4 is 10.7 Å². The van der Waals surface area contributed by atoms with E-state index in [1.165, 1.54) is 0 Å². The van der Waals surface area contributed by atoms with E-state index in [-0.39, 0.29) is 6.42 Å². The number of unbranched alkanes of at least 4 members (excludes halogenated alkanes) is 1. The first-order valence-corrected chi connectivity index (χ1v) is 8.10. The molecule has 8 nitrogen and oxygen atoms in total. The number of carbonyl (C=O) groups excluding carboxylic acids is 4. The van der Waals surface area contributed by atoms with Gasteiger partial charge in [-0.2, -0.15) is 5.01 Å². The quantitative estimate of drug-likeness (QED) is 0.560. The molecule has 2 aliphatic rings. The van der Waals surface area contributed by atoms with Crippen molar-refractivity contribution >= 4 is 23.8 Å². The fraction of sp³-hybridized carbons (Fsp3) is 0.733. The average Bonchev–Trinajstić information content (AvgIpc) is 2.76. The van der Waals surface area contributed by atoms with E-state index in [1.807, 2.05) is 6.92 Å². The molecule has 1 spiro atoms. The van der Waals surface area contributed by atoms with Crippen LogP contribution in [0.15, 0.2) is 0 Å². The Kier molecular flexibility index (Phi) is 5.57. The number of hydrogen-bond acceptors (Lipinski definition) is 5. The molecular formula is C15H23N3O5. The van der Waals surface area contributed by atoms with Crippen molar-refractivity contribution in [2.75, 3.05) is 6.61 Å². The number of carbonyl (C=O) groups is 4. The van der Waals surface area contributed by atoms with Crippen LogP contribution in [0.2, 0.25) is 0 Å². The summed E-state index contributed by atoms with van der Waals surface area (Å²) in [5.41, 5.74) is 1.33. The zero-order valence-corrected chi connectivity index (χ0v) is 13.4. The third-order valence-electron chi connectivity index (χ3n) is 4.20. The smallest absolute Gasteiger partial charge is 0.344 e. The molecule has 0 atom stereocenters. The van der Waals surface area contributed by atoms with Gasteiger partial charge in [0.05, 0.1) is 0 Å². The highest BCUT2D eigenvalue weighted by Gasteiger charge is 2.52. The van der Waals surface area contributed by atoms with Gasteiger partial charge in [0.25, 0.3) is 11.8 Å². The Morgan fingerprint density at radius 3 is 2.61 bits per heavy atom. The maximum absolute atomic E-state index is 12.4. The maximum Gasteiger partial charge on any atom is 0.344 e. The fourth-order valence-corrected chi connectivity index (χ4v) is 2.91. The number of esters is 1. The lowest BCUT2D eigenvalue weighted by Gasteiger charge is -2.30. The SMILES string of the molecule is CCCCC(=O)OCC(=O)NN1C(=O)NC2(CCCCC2)C1=O. The summed E-state index contributed by atoms with van der Waals surface area (Å²) in [6.07, 6.45) is 5.71. The van der Waals surface area contributed by atoms with Crippen LogP contribution in [0, 0.1) is 0 Å². The molecular weight excluding hydrogens is 302 g/mol. The monoisotopic (exact) mass is 325 g/mol. The minimum atomic E-state index is -0.888. The summed E-state index contributed by atoms with van der Waals surface area (Å²) >= 11 is 0. The Labute approximate surface area is 134 Å². The lowest BCUT2D eigenvalue weighted by Crippen LogP contribution is -2.51. The molecule has 0 aromatic rings. The third-order valence-corrected chi connectivity index (χ3v) is 4.20. The Balaban J connectivity index is 1.85. The number of nitrogens with one attached hydrogen (secondary N) is 2. The predicted molar refractivity (Wildman–Crippen MR) is 79.8 cm³/mol. The van der Waals surface area contributed by atoms with Crippen molar-refractivity contribution in [3.63, 3.8) is 0 Å². The second-order valence-electron chi connectivity index (χ2n) is 6.01. The van der Waals surface area contributed by atoms with Gasteiger partial charge in [-0.25, -0.2) is 4.79 Å². The van der Waals surface area contributed by atoms with Crippen molar-refractivity contribution in [2.24, 2.45) is 0 Å². The Morgan fingerprint density at radius 2 is 1.96 bits per heavy atom. The van der Waals surface area contributed by atoms with E-state index in [0.717, 1.165) is 25.7 Å². The molecule has 1 aliphatic carbocycles. The first-order valence-electron chi connectivity index (χ1n) is 8.10. The van der Waals surface area contributed by atoms with E-state index in [1.54, 1.807) is 0 Å². The highest BCUT2D eigenvalue weighted by molar-refractivity contribution is 6.08. The van der Waals surface area contributed by atoms with Crippen LogP contribution >= 0.6 is 0 Å². The lowest BCUT2D eigenvalue weighted by molar-refractivity contribution is -0.150. The second kappa shape index (κ2) is 7.43. The van der Waals surface area contributed by atoms with Gasteiger partial charge in [-0.3, -0.25) is 19.8 Å². The molecule has 0 unspecified atom stereocenters. The van der Waals surface area contributed by atoms with Crippen LogP contribution in [-0.2, 0) is 19.1 Å². The largest absolute Gasteiger partial charge is 0.455 e. The Hall–Kier alpha value is -2.12. The number of urea groups is 1. The molecule has 0 aromatic heterocycles. The molecule has 8 heteroatoms. The maximum atomic E-state index is 12.4. The van der Waals surface area contributed by atoms with Gasteiger partial charge < -0.3 is 10.1 Å². The summed E-state index contributed by atoms with van der Waals surface area (Å²) in [6, 6.07) is -0.637. The zero-order chi connectivity index (χ0) is 16.9. The van der Waals surface area contributed by atoms with Crippen molar-refractivity contribution in [1.29, 1.82) is 0 Å². The Bertz CT molecular complexity index is 499. The van der Waals surface area contributed by atoms with Gasteiger partial charge in [0, 0.05) is 6.42 Å². The highest BCUT2D eigenvalue weighted by Crippen LogP contribution is 2.32. The number of amides is 4. The first-order chi connectivity index (χ1) is 11.0. The van der Waals surface area contributed by atoms with E-state index in [4.69, 9.17) is 4.74 Å². The number of rotatable bonds is 6. The van der Waals surface area contributed by atoms with Crippen LogP contribution in [-0.4, -0.2) is 41.0 Å². The summed E-state index contributed by atoms with van der Waals surface area (Å²) in [5.74, 6) is -1.61. The van der Waals surface area contributed by atoms with Crippen molar-refractivity contribution in [2.45, 2.75) is 63.8 Å². The molecule has 0 bridgehead atoms. The van der Waals surface area contributed by atoms with Gasteiger partial charge in [0.15, 0.2) is 6.61 Å². The molecule has 1 heterocycles. The van der Waals surface area contributed by atoms with Gasteiger partial charge in [-0.05, 0) is 19.3 Å². The minimum Gasteiger partial charge on any atom is -0.455 e. The van der Waals surface area contributed by atoms with E-state index in [2.05, 4.69) is 10.7 Å². The summed E-state index contributed by atoms with van der Waals surface area (Å²) in [5, 5.41) is 3.38. The lowest BCUT2D eigenvalue weighted by atomic mass is 9.82. The van der Waals surface area contributed by atoms with Gasteiger partial charge in [-0.15, -0.1) is 0 Å². The summed E-state index contributed by atoms with van der Waals surface area (Å²) in [6.45, 7) is 1.44. The third kappa shape index (κ3) is 4.00. The molecule has 23 heavy (non-hydrogen) atoms. The Morgan fingerprint density at radius 1 is 1.26 bits per heavy atom. The molecule has 2 N–H and O–H groups in total. The van der Waals surface area contributed by atoms with Gasteiger partial charge in [-0.1, -0.05) is 32.6 Å². The normalized spacial score (nSPS) is 19.6. The predicted octanol–water partition coefficient (Wildman–Crippen LogP) is 1.01. The van der Waals surface area contributed by atoms with E-state index >= 15 is 0 Å². The number of ether oxygens (including phenoxy) is 1. The summed E-state index contributed by atoms with van der Waals surface area (Å²) in [4.78, 5) is 47.5. The number of hydrogen-bond donors (Lipinski definition) is 2. The van der Waals surface area contributed by atoms with E-state index < -0.39 is 36.0 Å². The van der Waals surface area contributed by atoms with Crippen LogP contribution in [0.3, 0.4) is 0 Å². The van der Waals surface area contributed by atoms with Crippen molar-refractivity contribution in [3.8, 4) is 0 Å². The molecule has 1 saturated heterocycles. The molecule has 1 aliphatic heterocycles. The van der Waals surface area contributed by atoms with Crippen molar-refractivity contribution < 1.29 is 23.9 Å². The van der Waals surface area contributed by atoms with Gasteiger partial charge in [0.2, 0.25) is 0 Å². The average molecular weight is 325 g/mol. The number of hydrazine groups is 1. The van der Waals surface area contributed by atoms with Crippen LogP contribution in [0.5, 0.6) is 0 Å². The number of nitrogens with zero attached hydrogens (tertiary/aromatic N) is 1. The first kappa shape index (κ1) is 17.2. The number of imide groups is 1. The van der Waals surface area contributed by atoms with Gasteiger partial charge in [0.1, 0.15) is 5.54 Å². The summed E-state index contributed by atoms with van der Waals surface area (Å²) < 4.78 is 4.80. The summed E-state index contributed by atoms with van der Waals surface area (Å²) in [7, 11) is 0.